The third kappa shape index (κ3) is 4.80. The first kappa shape index (κ1) is 18.4. The van der Waals surface area contributed by atoms with E-state index in [4.69, 9.17) is 16.2 Å². The van der Waals surface area contributed by atoms with E-state index in [-0.39, 0.29) is 0 Å². The second-order valence-electron chi connectivity index (χ2n) is 5.58. The van der Waals surface area contributed by atoms with Gasteiger partial charge in [0.2, 0.25) is 0 Å². The maximum absolute atomic E-state index is 12.0. The number of esters is 2. The highest BCUT2D eigenvalue weighted by molar-refractivity contribution is 7.98. The third-order valence-electron chi connectivity index (χ3n) is 3.76. The Kier molecular flexibility index (Phi) is 6.78. The lowest BCUT2D eigenvalue weighted by Crippen LogP contribution is -2.40. The zero-order valence-electron chi connectivity index (χ0n) is 13.6. The van der Waals surface area contributed by atoms with Crippen molar-refractivity contribution in [1.29, 1.82) is 0 Å². The molecule has 24 heavy (non-hydrogen) atoms. The number of hydrogen-bond donors (Lipinski definition) is 2. The first-order valence-electron chi connectivity index (χ1n) is 7.75. The van der Waals surface area contributed by atoms with Gasteiger partial charge in [-0.2, -0.15) is 11.8 Å². The number of fused-ring (bicyclic) bond motifs is 1. The molecule has 0 saturated carbocycles. The molecular weight excluding hydrogens is 324 g/mol. The lowest BCUT2D eigenvalue weighted by atomic mass is 9.99. The molecule has 2 rings (SSSR count). The van der Waals surface area contributed by atoms with Crippen molar-refractivity contribution in [1.82, 2.24) is 0 Å². The predicted octanol–water partition coefficient (Wildman–Crippen LogP) is 1.86. The van der Waals surface area contributed by atoms with E-state index in [1.807, 2.05) is 48.7 Å². The first-order chi connectivity index (χ1) is 11.5. The van der Waals surface area contributed by atoms with Crippen LogP contribution < -0.4 is 11.5 Å². The topological polar surface area (TPSA) is 95.4 Å². The number of benzene rings is 2. The SMILES string of the molecule is CSCC[C@H](N)C(=O)OC(=O)[C@@H](N)Cc1cccc2ccccc12. The van der Waals surface area contributed by atoms with Crippen LogP contribution in [-0.2, 0) is 20.7 Å². The Labute approximate surface area is 145 Å². The standard InChI is InChI=1S/C18H22N2O3S/c1-24-10-9-15(19)17(21)23-18(22)16(20)11-13-7-4-6-12-5-2-3-8-14(12)13/h2-8,15-16H,9-11,19-20H2,1H3/t15-,16-/m0/s1. The Morgan fingerprint density at radius 3 is 2.46 bits per heavy atom. The van der Waals surface area contributed by atoms with Crippen molar-refractivity contribution in [3.8, 4) is 0 Å². The number of carbonyl (C=O) groups excluding carboxylic acids is 2. The average molecular weight is 346 g/mol. The van der Waals surface area contributed by atoms with E-state index in [0.717, 1.165) is 22.1 Å². The molecule has 0 aromatic heterocycles. The van der Waals surface area contributed by atoms with Crippen LogP contribution in [0.1, 0.15) is 12.0 Å². The molecule has 0 aliphatic carbocycles. The zero-order chi connectivity index (χ0) is 17.5. The van der Waals surface area contributed by atoms with Crippen molar-refractivity contribution in [2.75, 3.05) is 12.0 Å². The van der Waals surface area contributed by atoms with Crippen LogP contribution in [0.15, 0.2) is 42.5 Å². The summed E-state index contributed by atoms with van der Waals surface area (Å²) in [5, 5.41) is 2.11. The van der Waals surface area contributed by atoms with Gasteiger partial charge in [-0.3, -0.25) is 0 Å². The Morgan fingerprint density at radius 1 is 1.04 bits per heavy atom. The largest absolute Gasteiger partial charge is 0.391 e. The Balaban J connectivity index is 1.99. The molecule has 0 aliphatic heterocycles. The fourth-order valence-electron chi connectivity index (χ4n) is 2.40. The van der Waals surface area contributed by atoms with Gasteiger partial charge in [0, 0.05) is 0 Å². The van der Waals surface area contributed by atoms with Crippen LogP contribution in [0.3, 0.4) is 0 Å². The molecule has 0 amide bonds. The maximum atomic E-state index is 12.0. The van der Waals surface area contributed by atoms with Crippen molar-refractivity contribution < 1.29 is 14.3 Å². The van der Waals surface area contributed by atoms with Crippen molar-refractivity contribution in [2.45, 2.75) is 24.9 Å². The summed E-state index contributed by atoms with van der Waals surface area (Å²) in [6.45, 7) is 0. The van der Waals surface area contributed by atoms with Crippen LogP contribution in [0, 0.1) is 0 Å². The normalized spacial score (nSPS) is 13.5. The Morgan fingerprint density at radius 2 is 1.71 bits per heavy atom. The van der Waals surface area contributed by atoms with Gasteiger partial charge < -0.3 is 16.2 Å². The van der Waals surface area contributed by atoms with E-state index in [9.17, 15) is 9.59 Å². The molecule has 2 atom stereocenters. The first-order valence-corrected chi connectivity index (χ1v) is 9.14. The van der Waals surface area contributed by atoms with Gasteiger partial charge in [0.15, 0.2) is 0 Å². The van der Waals surface area contributed by atoms with Crippen LogP contribution in [0.2, 0.25) is 0 Å². The highest BCUT2D eigenvalue weighted by Gasteiger charge is 2.23. The average Bonchev–Trinajstić information content (AvgIpc) is 2.59. The minimum atomic E-state index is -0.910. The van der Waals surface area contributed by atoms with Gasteiger partial charge in [-0.1, -0.05) is 42.5 Å². The lowest BCUT2D eigenvalue weighted by molar-refractivity contribution is -0.161. The second kappa shape index (κ2) is 8.82. The van der Waals surface area contributed by atoms with Gasteiger partial charge in [-0.15, -0.1) is 0 Å². The van der Waals surface area contributed by atoms with Crippen LogP contribution in [0.5, 0.6) is 0 Å². The number of thioether (sulfide) groups is 1. The summed E-state index contributed by atoms with van der Waals surface area (Å²) >= 11 is 1.58. The molecule has 0 heterocycles. The highest BCUT2D eigenvalue weighted by atomic mass is 32.2. The molecule has 0 radical (unpaired) electrons. The highest BCUT2D eigenvalue weighted by Crippen LogP contribution is 2.19. The van der Waals surface area contributed by atoms with Crippen LogP contribution >= 0.6 is 11.8 Å². The number of rotatable bonds is 7. The lowest BCUT2D eigenvalue weighted by Gasteiger charge is -2.14. The summed E-state index contributed by atoms with van der Waals surface area (Å²) in [6, 6.07) is 12.0. The molecule has 2 aromatic carbocycles. The van der Waals surface area contributed by atoms with Gasteiger partial charge in [0.05, 0.1) is 0 Å². The van der Waals surface area contributed by atoms with E-state index in [1.165, 1.54) is 0 Å². The molecule has 2 aromatic rings. The van der Waals surface area contributed by atoms with E-state index in [1.54, 1.807) is 11.8 Å². The van der Waals surface area contributed by atoms with Gasteiger partial charge in [-0.25, -0.2) is 9.59 Å². The number of hydrogen-bond acceptors (Lipinski definition) is 6. The van der Waals surface area contributed by atoms with Gasteiger partial charge in [-0.05, 0) is 41.2 Å². The molecule has 128 valence electrons. The molecule has 4 N–H and O–H groups in total. The van der Waals surface area contributed by atoms with Crippen LogP contribution in [0.25, 0.3) is 10.8 Å². The molecule has 0 bridgehead atoms. The van der Waals surface area contributed by atoms with Gasteiger partial charge in [0.25, 0.3) is 0 Å². The third-order valence-corrected chi connectivity index (χ3v) is 4.40. The fraction of sp³-hybridized carbons (Fsp3) is 0.333. The van der Waals surface area contributed by atoms with Crippen molar-refractivity contribution in [3.05, 3.63) is 48.0 Å². The molecule has 0 aliphatic rings. The number of ether oxygens (including phenoxy) is 1. The van der Waals surface area contributed by atoms with E-state index in [0.29, 0.717) is 12.8 Å². The van der Waals surface area contributed by atoms with E-state index < -0.39 is 24.0 Å². The zero-order valence-corrected chi connectivity index (χ0v) is 14.4. The molecule has 6 heteroatoms. The minimum absolute atomic E-state index is 0.299. The number of nitrogens with two attached hydrogens (primary N) is 2. The van der Waals surface area contributed by atoms with Crippen molar-refractivity contribution >= 4 is 34.5 Å². The predicted molar refractivity (Wildman–Crippen MR) is 97.7 cm³/mol. The molecule has 5 nitrogen and oxygen atoms in total. The number of carbonyl (C=O) groups is 2. The summed E-state index contributed by atoms with van der Waals surface area (Å²) in [7, 11) is 0. The van der Waals surface area contributed by atoms with Crippen molar-refractivity contribution in [2.24, 2.45) is 11.5 Å². The smallest absolute Gasteiger partial charge is 0.330 e. The maximum Gasteiger partial charge on any atom is 0.330 e. The summed E-state index contributed by atoms with van der Waals surface area (Å²) in [5.74, 6) is -0.734. The summed E-state index contributed by atoms with van der Waals surface area (Å²) in [6.07, 6.45) is 2.68. The minimum Gasteiger partial charge on any atom is -0.391 e. The summed E-state index contributed by atoms with van der Waals surface area (Å²) in [5.41, 5.74) is 12.6. The molecular formula is C18H22N2O3S. The quantitative estimate of drug-likeness (QED) is 0.587. The van der Waals surface area contributed by atoms with E-state index in [2.05, 4.69) is 0 Å². The molecule has 0 saturated heterocycles. The Hall–Kier alpha value is -1.89. The molecule has 0 unspecified atom stereocenters. The summed E-state index contributed by atoms with van der Waals surface area (Å²) < 4.78 is 4.82. The monoisotopic (exact) mass is 346 g/mol. The van der Waals surface area contributed by atoms with Crippen LogP contribution in [-0.4, -0.2) is 36.0 Å². The molecule has 0 fully saturated rings. The van der Waals surface area contributed by atoms with Crippen molar-refractivity contribution in [3.63, 3.8) is 0 Å². The fourth-order valence-corrected chi connectivity index (χ4v) is 2.89. The van der Waals surface area contributed by atoms with E-state index >= 15 is 0 Å². The van der Waals surface area contributed by atoms with Gasteiger partial charge >= 0.3 is 11.9 Å². The van der Waals surface area contributed by atoms with Gasteiger partial charge in [0.1, 0.15) is 12.1 Å². The Bertz CT molecular complexity index is 715. The second-order valence-corrected chi connectivity index (χ2v) is 6.56. The summed E-state index contributed by atoms with van der Waals surface area (Å²) in [4.78, 5) is 23.8. The molecule has 0 spiro atoms. The van der Waals surface area contributed by atoms with Crippen LogP contribution in [0.4, 0.5) is 0 Å².